The molecule has 0 radical (unpaired) electrons. The molecule has 0 spiro atoms. The van der Waals surface area contributed by atoms with E-state index < -0.39 is 38.2 Å². The van der Waals surface area contributed by atoms with E-state index in [2.05, 4.69) is 4.52 Å². The molecular formula is C8H14FNa2O5P. The van der Waals surface area contributed by atoms with Crippen LogP contribution in [0.15, 0.2) is 0 Å². The average Bonchev–Trinajstić information content (AvgIpc) is 1.98. The largest absolute Gasteiger partial charge is 1.00 e. The summed E-state index contributed by atoms with van der Waals surface area (Å²) < 4.78 is 27.0. The number of carbonyl (C=O) groups is 1. The molecule has 17 heavy (non-hydrogen) atoms. The SMILES string of the molecule is CC(C)(C)C(=O)[C@H](F)CCOP(=O)([O-])[O-].[Na+].[Na+]. The second-order valence-electron chi connectivity index (χ2n) is 4.15. The first-order chi connectivity index (χ1) is 6.54. The number of phosphoric acid groups is 1. The monoisotopic (exact) mass is 286 g/mol. The van der Waals surface area contributed by atoms with Gasteiger partial charge in [-0.15, -0.1) is 0 Å². The minimum absolute atomic E-state index is 0. The normalized spacial score (nSPS) is 13.3. The molecule has 1 atom stereocenters. The number of Topliss-reactive ketones (excluding diaryl/α,β-unsaturated/α-hetero) is 1. The number of ketones is 1. The van der Waals surface area contributed by atoms with Crippen LogP contribution in [-0.2, 0) is 13.9 Å². The topological polar surface area (TPSA) is 89.5 Å². The van der Waals surface area contributed by atoms with Gasteiger partial charge in [-0.3, -0.25) is 4.79 Å². The second kappa shape index (κ2) is 9.59. The zero-order valence-corrected chi connectivity index (χ0v) is 15.8. The molecule has 0 saturated carbocycles. The third-order valence-electron chi connectivity index (χ3n) is 1.64. The first kappa shape index (κ1) is 23.8. The fraction of sp³-hybridized carbons (Fsp3) is 0.875. The van der Waals surface area contributed by atoms with E-state index in [1.807, 2.05) is 0 Å². The van der Waals surface area contributed by atoms with Gasteiger partial charge in [0.2, 0.25) is 0 Å². The Labute approximate surface area is 145 Å². The van der Waals surface area contributed by atoms with Crippen LogP contribution in [0, 0.1) is 5.41 Å². The Kier molecular flexibility index (Phi) is 13.4. The first-order valence-corrected chi connectivity index (χ1v) is 5.85. The van der Waals surface area contributed by atoms with Gasteiger partial charge in [0, 0.05) is 11.8 Å². The van der Waals surface area contributed by atoms with E-state index >= 15 is 0 Å². The number of halogens is 1. The maximum absolute atomic E-state index is 13.1. The van der Waals surface area contributed by atoms with Crippen molar-refractivity contribution in [3.63, 3.8) is 0 Å². The summed E-state index contributed by atoms with van der Waals surface area (Å²) in [6.45, 7) is 4.05. The van der Waals surface area contributed by atoms with Crippen LogP contribution in [0.1, 0.15) is 27.2 Å². The molecule has 0 aromatic rings. The van der Waals surface area contributed by atoms with Crippen molar-refractivity contribution in [2.24, 2.45) is 5.41 Å². The Morgan fingerprint density at radius 1 is 1.35 bits per heavy atom. The van der Waals surface area contributed by atoms with Crippen LogP contribution in [-0.4, -0.2) is 18.6 Å². The Balaban J connectivity index is -0.000000980. The molecule has 9 heteroatoms. The van der Waals surface area contributed by atoms with Gasteiger partial charge in [-0.25, -0.2) is 4.39 Å². The van der Waals surface area contributed by atoms with E-state index in [0.29, 0.717) is 0 Å². The van der Waals surface area contributed by atoms with Crippen LogP contribution in [0.4, 0.5) is 4.39 Å². The zero-order valence-electron chi connectivity index (χ0n) is 10.9. The van der Waals surface area contributed by atoms with Crippen molar-refractivity contribution in [1.29, 1.82) is 0 Å². The van der Waals surface area contributed by atoms with Crippen LogP contribution in [0.5, 0.6) is 0 Å². The summed E-state index contributed by atoms with van der Waals surface area (Å²) in [6, 6.07) is 0. The fourth-order valence-corrected chi connectivity index (χ4v) is 1.20. The van der Waals surface area contributed by atoms with Crippen LogP contribution in [0.3, 0.4) is 0 Å². The fourth-order valence-electron chi connectivity index (χ4n) is 0.869. The van der Waals surface area contributed by atoms with Crippen molar-refractivity contribution in [2.75, 3.05) is 6.61 Å². The Hall–Kier alpha value is 1.71. The third-order valence-corrected chi connectivity index (χ3v) is 2.14. The molecule has 0 aliphatic heterocycles. The van der Waals surface area contributed by atoms with Gasteiger partial charge >= 0.3 is 59.1 Å². The van der Waals surface area contributed by atoms with Crippen molar-refractivity contribution >= 4 is 13.6 Å². The number of phosphoric ester groups is 1. The van der Waals surface area contributed by atoms with E-state index in [1.165, 1.54) is 0 Å². The van der Waals surface area contributed by atoms with Gasteiger partial charge in [0.1, 0.15) is 0 Å². The molecule has 0 fully saturated rings. The first-order valence-electron chi connectivity index (χ1n) is 4.39. The maximum atomic E-state index is 13.1. The molecule has 0 aliphatic carbocycles. The summed E-state index contributed by atoms with van der Waals surface area (Å²) in [5.74, 6) is -0.641. The van der Waals surface area contributed by atoms with E-state index in [-0.39, 0.29) is 59.1 Å². The van der Waals surface area contributed by atoms with Gasteiger partial charge in [0.25, 0.3) is 0 Å². The molecule has 0 aliphatic rings. The molecule has 0 N–H and O–H groups in total. The summed E-state index contributed by atoms with van der Waals surface area (Å²) in [5.41, 5.74) is -0.835. The molecule has 0 amide bonds. The number of hydrogen-bond acceptors (Lipinski definition) is 5. The molecule has 0 aromatic heterocycles. The standard InChI is InChI=1S/C8H16FO5P.2Na/c1-8(2,3)7(10)6(9)4-5-14-15(11,12)13;;/h6H,4-5H2,1-3H3,(H2,11,12,13);;/q;2*+1/p-2/t6-;;/m1../s1. The molecule has 0 heterocycles. The van der Waals surface area contributed by atoms with Crippen LogP contribution < -0.4 is 68.9 Å². The molecule has 0 bridgehead atoms. The molecular weight excluding hydrogens is 272 g/mol. The van der Waals surface area contributed by atoms with E-state index in [0.717, 1.165) is 0 Å². The third kappa shape index (κ3) is 12.5. The van der Waals surface area contributed by atoms with Crippen LogP contribution in [0.25, 0.3) is 0 Å². The minimum Gasteiger partial charge on any atom is -0.790 e. The Morgan fingerprint density at radius 3 is 2.06 bits per heavy atom. The number of hydrogen-bond donors (Lipinski definition) is 0. The predicted molar refractivity (Wildman–Crippen MR) is 47.5 cm³/mol. The van der Waals surface area contributed by atoms with Crippen LogP contribution >= 0.6 is 7.82 Å². The number of rotatable bonds is 5. The Bertz CT molecular complexity index is 276. The summed E-state index contributed by atoms with van der Waals surface area (Å²) in [5, 5.41) is 0. The van der Waals surface area contributed by atoms with Gasteiger partial charge in [-0.2, -0.15) is 0 Å². The van der Waals surface area contributed by atoms with Crippen LogP contribution in [0.2, 0.25) is 0 Å². The van der Waals surface area contributed by atoms with Crippen molar-refractivity contribution in [3.8, 4) is 0 Å². The summed E-state index contributed by atoms with van der Waals surface area (Å²) in [4.78, 5) is 31.3. The second-order valence-corrected chi connectivity index (χ2v) is 5.30. The van der Waals surface area contributed by atoms with Gasteiger partial charge in [0.05, 0.1) is 14.4 Å². The average molecular weight is 286 g/mol. The molecule has 0 saturated heterocycles. The minimum atomic E-state index is -5.07. The smallest absolute Gasteiger partial charge is 0.790 e. The molecule has 0 rings (SSSR count). The van der Waals surface area contributed by atoms with E-state index in [9.17, 15) is 23.5 Å². The summed E-state index contributed by atoms with van der Waals surface area (Å²) >= 11 is 0. The maximum Gasteiger partial charge on any atom is 1.00 e. The Morgan fingerprint density at radius 2 is 1.76 bits per heavy atom. The zero-order chi connectivity index (χ0) is 12.3. The van der Waals surface area contributed by atoms with E-state index in [1.54, 1.807) is 20.8 Å². The van der Waals surface area contributed by atoms with Crippen molar-refractivity contribution in [2.45, 2.75) is 33.4 Å². The molecule has 0 aromatic carbocycles. The summed E-state index contributed by atoms with van der Waals surface area (Å²) in [7, 11) is -5.07. The molecule has 5 nitrogen and oxygen atoms in total. The summed E-state index contributed by atoms with van der Waals surface area (Å²) in [6.07, 6.45) is -2.23. The van der Waals surface area contributed by atoms with Crippen molar-refractivity contribution in [3.05, 3.63) is 0 Å². The van der Waals surface area contributed by atoms with Crippen molar-refractivity contribution < 1.29 is 87.2 Å². The van der Waals surface area contributed by atoms with E-state index in [4.69, 9.17) is 0 Å². The number of alkyl halides is 1. The van der Waals surface area contributed by atoms with Gasteiger partial charge in [-0.05, 0) is 0 Å². The quantitative estimate of drug-likeness (QED) is 0.371. The predicted octanol–water partition coefficient (Wildman–Crippen LogP) is -5.82. The van der Waals surface area contributed by atoms with Gasteiger partial charge in [-0.1, -0.05) is 20.8 Å². The molecule has 0 unspecified atom stereocenters. The number of carbonyl (C=O) groups excluding carboxylic acids is 1. The van der Waals surface area contributed by atoms with Crippen molar-refractivity contribution in [1.82, 2.24) is 0 Å². The molecule has 90 valence electrons. The van der Waals surface area contributed by atoms with Gasteiger partial charge in [0.15, 0.2) is 12.0 Å². The van der Waals surface area contributed by atoms with Gasteiger partial charge < -0.3 is 18.9 Å².